The van der Waals surface area contributed by atoms with E-state index in [2.05, 4.69) is 0 Å². The second kappa shape index (κ2) is 6.79. The summed E-state index contributed by atoms with van der Waals surface area (Å²) >= 11 is 0. The number of nitrogens with two attached hydrogens (primary N) is 1. The summed E-state index contributed by atoms with van der Waals surface area (Å²) in [5, 5.41) is 0. The van der Waals surface area contributed by atoms with Gasteiger partial charge in [0.1, 0.15) is 0 Å². The smallest absolute Gasteiger partial charge is 0.323 e. The van der Waals surface area contributed by atoms with E-state index in [4.69, 9.17) is 5.73 Å². The van der Waals surface area contributed by atoms with Crippen LogP contribution in [-0.4, -0.2) is 30.2 Å². The van der Waals surface area contributed by atoms with Crippen molar-refractivity contribution in [2.45, 2.75) is 52.9 Å². The number of rotatable bonds is 5. The minimum atomic E-state index is -4.21. The molecule has 2 nitrogen and oxygen atoms in total. The third-order valence-electron chi connectivity index (χ3n) is 3.65. The molecule has 2 N–H and O–H groups in total. The van der Waals surface area contributed by atoms with Crippen molar-refractivity contribution in [3.05, 3.63) is 34.4 Å². The number of hydrogen-bond donors (Lipinski definition) is 1. The Morgan fingerprint density at radius 3 is 1.95 bits per heavy atom. The van der Waals surface area contributed by atoms with E-state index < -0.39 is 18.8 Å². The molecule has 5 heteroatoms. The largest absolute Gasteiger partial charge is 0.401 e. The van der Waals surface area contributed by atoms with Gasteiger partial charge in [-0.3, -0.25) is 4.90 Å². The maximum Gasteiger partial charge on any atom is 0.401 e. The predicted octanol–water partition coefficient (Wildman–Crippen LogP) is 3.88. The summed E-state index contributed by atoms with van der Waals surface area (Å²) in [6, 6.07) is 3.41. The number of hydrogen-bond acceptors (Lipinski definition) is 2. The van der Waals surface area contributed by atoms with Crippen LogP contribution in [0, 0.1) is 20.8 Å². The van der Waals surface area contributed by atoms with Gasteiger partial charge in [-0.25, -0.2) is 0 Å². The van der Waals surface area contributed by atoms with E-state index in [1.165, 1.54) is 4.90 Å². The first kappa shape index (κ1) is 18.0. The molecule has 1 aromatic rings. The number of alkyl halides is 3. The third-order valence-corrected chi connectivity index (χ3v) is 3.65. The van der Waals surface area contributed by atoms with Gasteiger partial charge in [0.15, 0.2) is 0 Å². The molecular weight excluding hydrogens is 277 g/mol. The summed E-state index contributed by atoms with van der Waals surface area (Å²) in [5.41, 5.74) is 10.4. The van der Waals surface area contributed by atoms with Gasteiger partial charge in [-0.1, -0.05) is 17.7 Å². The van der Waals surface area contributed by atoms with Crippen LogP contribution in [0.1, 0.15) is 42.1 Å². The van der Waals surface area contributed by atoms with Crippen LogP contribution in [0.25, 0.3) is 0 Å². The van der Waals surface area contributed by atoms with Gasteiger partial charge in [-0.2, -0.15) is 13.2 Å². The highest BCUT2D eigenvalue weighted by Crippen LogP contribution is 2.25. The van der Waals surface area contributed by atoms with Crippen LogP contribution in [0.3, 0.4) is 0 Å². The zero-order valence-corrected chi connectivity index (χ0v) is 13.4. The quantitative estimate of drug-likeness (QED) is 0.894. The van der Waals surface area contributed by atoms with Crippen molar-refractivity contribution in [3.8, 4) is 0 Å². The summed E-state index contributed by atoms with van der Waals surface area (Å²) in [5.74, 6) is 0. The topological polar surface area (TPSA) is 29.3 Å². The summed E-state index contributed by atoms with van der Waals surface area (Å²) in [7, 11) is 0. The highest BCUT2D eigenvalue weighted by atomic mass is 19.4. The highest BCUT2D eigenvalue weighted by Gasteiger charge is 2.32. The molecule has 0 saturated heterocycles. The van der Waals surface area contributed by atoms with E-state index in [9.17, 15) is 13.2 Å². The van der Waals surface area contributed by atoms with Gasteiger partial charge in [0.25, 0.3) is 0 Å². The normalized spacial score (nSPS) is 14.0. The van der Waals surface area contributed by atoms with Crippen LogP contribution in [0.2, 0.25) is 0 Å². The van der Waals surface area contributed by atoms with Gasteiger partial charge >= 0.3 is 6.18 Å². The molecule has 0 bridgehead atoms. The molecule has 0 aromatic heterocycles. The standard InChI is InChI=1S/C16H25F3N2/c1-10(2)21(9-16(17,18)19)8-14(20)15-12(4)6-11(3)7-13(15)5/h6-7,10,14H,8-9,20H2,1-5H3. The molecular formula is C16H25F3N2. The average Bonchev–Trinajstić information content (AvgIpc) is 2.24. The molecule has 0 spiro atoms. The maximum atomic E-state index is 12.6. The summed E-state index contributed by atoms with van der Waals surface area (Å²) in [6.07, 6.45) is -4.21. The molecule has 0 radical (unpaired) electrons. The van der Waals surface area contributed by atoms with Gasteiger partial charge in [-0.05, 0) is 51.3 Å². The molecule has 1 aromatic carbocycles. The van der Waals surface area contributed by atoms with E-state index in [1.807, 2.05) is 32.9 Å². The average molecular weight is 302 g/mol. The Kier molecular flexibility index (Phi) is 5.82. The van der Waals surface area contributed by atoms with Crippen LogP contribution >= 0.6 is 0 Å². The molecule has 0 heterocycles. The predicted molar refractivity (Wildman–Crippen MR) is 80.3 cm³/mol. The van der Waals surface area contributed by atoms with Crippen LogP contribution in [0.15, 0.2) is 12.1 Å². The van der Waals surface area contributed by atoms with Gasteiger partial charge < -0.3 is 5.73 Å². The maximum absolute atomic E-state index is 12.6. The van der Waals surface area contributed by atoms with Gasteiger partial charge in [0.2, 0.25) is 0 Å². The monoisotopic (exact) mass is 302 g/mol. The molecule has 0 aliphatic rings. The van der Waals surface area contributed by atoms with E-state index >= 15 is 0 Å². The fourth-order valence-corrected chi connectivity index (χ4v) is 2.81. The fourth-order valence-electron chi connectivity index (χ4n) is 2.81. The van der Waals surface area contributed by atoms with E-state index in [-0.39, 0.29) is 12.6 Å². The summed E-state index contributed by atoms with van der Waals surface area (Å²) < 4.78 is 37.9. The summed E-state index contributed by atoms with van der Waals surface area (Å²) in [4.78, 5) is 1.38. The Bertz CT molecular complexity index is 458. The van der Waals surface area contributed by atoms with E-state index in [1.54, 1.807) is 13.8 Å². The molecule has 1 atom stereocenters. The molecule has 120 valence electrons. The second-order valence-electron chi connectivity index (χ2n) is 6.06. The van der Waals surface area contributed by atoms with Crippen molar-refractivity contribution in [1.82, 2.24) is 4.90 Å². The number of aryl methyl sites for hydroxylation is 3. The van der Waals surface area contributed by atoms with Gasteiger partial charge in [0.05, 0.1) is 6.54 Å². The van der Waals surface area contributed by atoms with Crippen molar-refractivity contribution in [1.29, 1.82) is 0 Å². The first-order chi connectivity index (χ1) is 9.51. The number of benzene rings is 1. The molecule has 21 heavy (non-hydrogen) atoms. The lowest BCUT2D eigenvalue weighted by Crippen LogP contribution is -2.43. The van der Waals surface area contributed by atoms with Crippen molar-refractivity contribution in [3.63, 3.8) is 0 Å². The second-order valence-corrected chi connectivity index (χ2v) is 6.06. The van der Waals surface area contributed by atoms with Gasteiger partial charge in [-0.15, -0.1) is 0 Å². The summed E-state index contributed by atoms with van der Waals surface area (Å²) in [6.45, 7) is 8.70. The first-order valence-electron chi connectivity index (χ1n) is 7.15. The minimum Gasteiger partial charge on any atom is -0.323 e. The fraction of sp³-hybridized carbons (Fsp3) is 0.625. The molecule has 0 aliphatic carbocycles. The van der Waals surface area contributed by atoms with Crippen LogP contribution < -0.4 is 5.73 Å². The highest BCUT2D eigenvalue weighted by molar-refractivity contribution is 5.39. The van der Waals surface area contributed by atoms with Crippen LogP contribution in [0.5, 0.6) is 0 Å². The van der Waals surface area contributed by atoms with Gasteiger partial charge in [0, 0.05) is 18.6 Å². The zero-order valence-electron chi connectivity index (χ0n) is 13.4. The lowest BCUT2D eigenvalue weighted by atomic mass is 9.94. The first-order valence-corrected chi connectivity index (χ1v) is 7.15. The van der Waals surface area contributed by atoms with Crippen molar-refractivity contribution >= 4 is 0 Å². The molecule has 0 aliphatic heterocycles. The molecule has 0 saturated carbocycles. The van der Waals surface area contributed by atoms with E-state index in [0.717, 1.165) is 22.3 Å². The van der Waals surface area contributed by atoms with Crippen LogP contribution in [0.4, 0.5) is 13.2 Å². The Morgan fingerprint density at radius 2 is 1.57 bits per heavy atom. The zero-order chi connectivity index (χ0) is 16.4. The Hall–Kier alpha value is -1.07. The minimum absolute atomic E-state index is 0.196. The van der Waals surface area contributed by atoms with Crippen molar-refractivity contribution in [2.24, 2.45) is 5.73 Å². The molecule has 1 unspecified atom stereocenters. The number of nitrogens with zero attached hydrogens (tertiary/aromatic N) is 1. The van der Waals surface area contributed by atoms with Crippen LogP contribution in [-0.2, 0) is 0 Å². The third kappa shape index (κ3) is 5.32. The van der Waals surface area contributed by atoms with Crippen molar-refractivity contribution < 1.29 is 13.2 Å². The number of halogens is 3. The molecule has 0 fully saturated rings. The SMILES string of the molecule is Cc1cc(C)c(C(N)CN(CC(F)(F)F)C(C)C)c(C)c1. The molecule has 1 rings (SSSR count). The molecule has 0 amide bonds. The Labute approximate surface area is 125 Å². The Balaban J connectivity index is 2.95. The Morgan fingerprint density at radius 1 is 1.10 bits per heavy atom. The van der Waals surface area contributed by atoms with Crippen molar-refractivity contribution in [2.75, 3.05) is 13.1 Å². The lowest BCUT2D eigenvalue weighted by molar-refractivity contribution is -0.150. The lowest BCUT2D eigenvalue weighted by Gasteiger charge is -2.31. The van der Waals surface area contributed by atoms with E-state index in [0.29, 0.717) is 0 Å².